The molecule has 124 valence electrons. The lowest BCUT2D eigenvalue weighted by molar-refractivity contribution is 0.0488. The molecule has 1 unspecified atom stereocenters. The predicted octanol–water partition coefficient (Wildman–Crippen LogP) is 3.29. The van der Waals surface area contributed by atoms with Crippen molar-refractivity contribution in [3.63, 3.8) is 0 Å². The summed E-state index contributed by atoms with van der Waals surface area (Å²) >= 11 is 0. The summed E-state index contributed by atoms with van der Waals surface area (Å²) < 4.78 is 5.80. The minimum atomic E-state index is 0.484. The summed E-state index contributed by atoms with van der Waals surface area (Å²) in [6, 6.07) is 0. The molecule has 3 heteroatoms. The number of ether oxygens (including phenoxy) is 1. The van der Waals surface area contributed by atoms with Crippen molar-refractivity contribution in [2.75, 3.05) is 39.8 Å². The van der Waals surface area contributed by atoms with Crippen LogP contribution in [-0.4, -0.2) is 50.8 Å². The van der Waals surface area contributed by atoms with E-state index < -0.39 is 0 Å². The molecule has 0 aromatic carbocycles. The summed E-state index contributed by atoms with van der Waals surface area (Å²) in [7, 11) is 2.29. The van der Waals surface area contributed by atoms with Crippen LogP contribution in [0.15, 0.2) is 0 Å². The molecule has 0 aromatic heterocycles. The molecule has 2 rings (SSSR count). The Bertz CT molecular complexity index is 281. The molecule has 3 nitrogen and oxygen atoms in total. The van der Waals surface area contributed by atoms with Crippen LogP contribution in [0.4, 0.5) is 0 Å². The first kappa shape index (κ1) is 17.2. The van der Waals surface area contributed by atoms with E-state index in [1.165, 1.54) is 58.0 Å². The van der Waals surface area contributed by atoms with E-state index in [-0.39, 0.29) is 0 Å². The van der Waals surface area contributed by atoms with E-state index in [0.29, 0.717) is 11.5 Å². The van der Waals surface area contributed by atoms with Crippen molar-refractivity contribution in [1.82, 2.24) is 10.2 Å². The van der Waals surface area contributed by atoms with Crippen LogP contribution >= 0.6 is 0 Å². The number of nitrogens with zero attached hydrogens (tertiary/aromatic N) is 1. The lowest BCUT2D eigenvalue weighted by Gasteiger charge is -2.42. The predicted molar refractivity (Wildman–Crippen MR) is 89.7 cm³/mol. The molecule has 1 saturated carbocycles. The van der Waals surface area contributed by atoms with Crippen LogP contribution in [0.2, 0.25) is 0 Å². The Morgan fingerprint density at radius 1 is 1.24 bits per heavy atom. The maximum atomic E-state index is 5.80. The van der Waals surface area contributed by atoms with E-state index in [0.717, 1.165) is 25.6 Å². The van der Waals surface area contributed by atoms with Gasteiger partial charge in [-0.3, -0.25) is 0 Å². The Kier molecular flexibility index (Phi) is 6.97. The normalized spacial score (nSPS) is 33.7. The molecular weight excluding hydrogens is 260 g/mol. The minimum Gasteiger partial charge on any atom is -0.377 e. The summed E-state index contributed by atoms with van der Waals surface area (Å²) in [5.41, 5.74) is 0.495. The van der Waals surface area contributed by atoms with Gasteiger partial charge in [-0.25, -0.2) is 0 Å². The van der Waals surface area contributed by atoms with Crippen LogP contribution < -0.4 is 5.32 Å². The first-order valence-corrected chi connectivity index (χ1v) is 9.14. The summed E-state index contributed by atoms with van der Waals surface area (Å²) in [5.74, 6) is 0.924. The van der Waals surface area contributed by atoms with Gasteiger partial charge in [0.15, 0.2) is 0 Å². The Labute approximate surface area is 131 Å². The molecular formula is C18H36N2O. The van der Waals surface area contributed by atoms with Gasteiger partial charge in [-0.1, -0.05) is 26.7 Å². The fourth-order valence-electron chi connectivity index (χ4n) is 4.07. The summed E-state index contributed by atoms with van der Waals surface area (Å²) in [6.07, 6.45) is 9.81. The average molecular weight is 296 g/mol. The zero-order chi connectivity index (χ0) is 15.1. The molecule has 2 fully saturated rings. The van der Waals surface area contributed by atoms with Gasteiger partial charge in [0.1, 0.15) is 0 Å². The minimum absolute atomic E-state index is 0.484. The van der Waals surface area contributed by atoms with Crippen molar-refractivity contribution >= 4 is 0 Å². The second-order valence-electron chi connectivity index (χ2n) is 7.69. The fourth-order valence-corrected chi connectivity index (χ4v) is 4.07. The van der Waals surface area contributed by atoms with Gasteiger partial charge >= 0.3 is 0 Å². The number of likely N-dealkylation sites (N-methyl/N-ethyl adjacent to an activating group) is 1. The number of nitrogens with one attached hydrogen (secondary N) is 1. The SMILES string of the molecule is CCCNCC1(CN(C)CC2CCCO2)CCC(C)CC1. The van der Waals surface area contributed by atoms with Crippen molar-refractivity contribution in [1.29, 1.82) is 0 Å². The lowest BCUT2D eigenvalue weighted by atomic mass is 9.70. The quantitative estimate of drug-likeness (QED) is 0.696. The van der Waals surface area contributed by atoms with Gasteiger partial charge in [-0.2, -0.15) is 0 Å². The van der Waals surface area contributed by atoms with Crippen LogP contribution in [0.1, 0.15) is 58.8 Å². The van der Waals surface area contributed by atoms with Crippen LogP contribution in [0.5, 0.6) is 0 Å². The Hall–Kier alpha value is -0.120. The van der Waals surface area contributed by atoms with Crippen molar-refractivity contribution in [3.8, 4) is 0 Å². The summed E-state index contributed by atoms with van der Waals surface area (Å²) in [4.78, 5) is 2.54. The molecule has 21 heavy (non-hydrogen) atoms. The zero-order valence-corrected chi connectivity index (χ0v) is 14.5. The van der Waals surface area contributed by atoms with Gasteiger partial charge in [0.05, 0.1) is 6.10 Å². The Morgan fingerprint density at radius 3 is 2.62 bits per heavy atom. The van der Waals surface area contributed by atoms with E-state index in [2.05, 4.69) is 31.1 Å². The van der Waals surface area contributed by atoms with Crippen molar-refractivity contribution in [2.45, 2.75) is 64.9 Å². The molecule has 1 aliphatic carbocycles. The van der Waals surface area contributed by atoms with Crippen LogP contribution in [-0.2, 0) is 4.74 Å². The lowest BCUT2D eigenvalue weighted by Crippen LogP contribution is -2.46. The van der Waals surface area contributed by atoms with Crippen molar-refractivity contribution in [2.24, 2.45) is 11.3 Å². The Morgan fingerprint density at radius 2 is 2.00 bits per heavy atom. The topological polar surface area (TPSA) is 24.5 Å². The standard InChI is InChI=1S/C18H36N2O/c1-4-11-19-14-18(9-7-16(2)8-10-18)15-20(3)13-17-6-5-12-21-17/h16-17,19H,4-15H2,1-3H3. The van der Waals surface area contributed by atoms with E-state index in [1.807, 2.05) is 0 Å². The molecule has 0 radical (unpaired) electrons. The molecule has 1 N–H and O–H groups in total. The fraction of sp³-hybridized carbons (Fsp3) is 1.00. The van der Waals surface area contributed by atoms with Gasteiger partial charge < -0.3 is 15.0 Å². The smallest absolute Gasteiger partial charge is 0.0702 e. The summed E-state index contributed by atoms with van der Waals surface area (Å²) in [5, 5.41) is 3.70. The average Bonchev–Trinajstić information content (AvgIpc) is 2.95. The van der Waals surface area contributed by atoms with Crippen LogP contribution in [0.25, 0.3) is 0 Å². The highest BCUT2D eigenvalue weighted by atomic mass is 16.5. The molecule has 1 atom stereocenters. The molecule has 1 heterocycles. The number of rotatable bonds is 8. The molecule has 0 bridgehead atoms. The van der Waals surface area contributed by atoms with Gasteiger partial charge in [-0.15, -0.1) is 0 Å². The third-order valence-corrected chi connectivity index (χ3v) is 5.41. The van der Waals surface area contributed by atoms with E-state index in [1.54, 1.807) is 0 Å². The third kappa shape index (κ3) is 5.54. The third-order valence-electron chi connectivity index (χ3n) is 5.41. The maximum Gasteiger partial charge on any atom is 0.0702 e. The van der Waals surface area contributed by atoms with Gasteiger partial charge in [0, 0.05) is 26.2 Å². The molecule has 1 saturated heterocycles. The van der Waals surface area contributed by atoms with E-state index in [4.69, 9.17) is 4.74 Å². The highest BCUT2D eigenvalue weighted by molar-refractivity contribution is 4.89. The highest BCUT2D eigenvalue weighted by Gasteiger charge is 2.35. The zero-order valence-electron chi connectivity index (χ0n) is 14.5. The van der Waals surface area contributed by atoms with Gasteiger partial charge in [-0.05, 0) is 57.0 Å². The highest BCUT2D eigenvalue weighted by Crippen LogP contribution is 2.39. The van der Waals surface area contributed by atoms with Crippen molar-refractivity contribution < 1.29 is 4.74 Å². The van der Waals surface area contributed by atoms with E-state index in [9.17, 15) is 0 Å². The van der Waals surface area contributed by atoms with Gasteiger partial charge in [0.2, 0.25) is 0 Å². The largest absolute Gasteiger partial charge is 0.377 e. The monoisotopic (exact) mass is 296 g/mol. The van der Waals surface area contributed by atoms with Crippen molar-refractivity contribution in [3.05, 3.63) is 0 Å². The second kappa shape index (κ2) is 8.50. The van der Waals surface area contributed by atoms with E-state index >= 15 is 0 Å². The van der Waals surface area contributed by atoms with Gasteiger partial charge in [0.25, 0.3) is 0 Å². The molecule has 0 amide bonds. The second-order valence-corrected chi connectivity index (χ2v) is 7.69. The summed E-state index contributed by atoms with van der Waals surface area (Å²) in [6.45, 7) is 10.3. The molecule has 0 spiro atoms. The number of hydrogen-bond acceptors (Lipinski definition) is 3. The molecule has 2 aliphatic rings. The maximum absolute atomic E-state index is 5.80. The first-order valence-electron chi connectivity index (χ1n) is 9.14. The Balaban J connectivity index is 1.84. The number of hydrogen-bond donors (Lipinski definition) is 1. The molecule has 0 aromatic rings. The molecule has 1 aliphatic heterocycles. The van der Waals surface area contributed by atoms with Crippen LogP contribution in [0.3, 0.4) is 0 Å². The first-order chi connectivity index (χ1) is 10.1. The van der Waals surface area contributed by atoms with Crippen LogP contribution in [0, 0.1) is 11.3 Å².